The lowest BCUT2D eigenvalue weighted by atomic mass is 9.83. The molecule has 0 amide bonds. The van der Waals surface area contributed by atoms with Crippen LogP contribution in [-0.4, -0.2) is 16.6 Å². The van der Waals surface area contributed by atoms with Gasteiger partial charge in [-0.15, -0.1) is 0 Å². The van der Waals surface area contributed by atoms with Crippen LogP contribution in [0.3, 0.4) is 0 Å². The van der Waals surface area contributed by atoms with Crippen LogP contribution in [0.25, 0.3) is 11.8 Å². The molecular weight excluding hydrogens is 493 g/mol. The van der Waals surface area contributed by atoms with E-state index in [2.05, 4.69) is 6.07 Å². The summed E-state index contributed by atoms with van der Waals surface area (Å²) in [6.07, 6.45) is 3.18. The summed E-state index contributed by atoms with van der Waals surface area (Å²) in [5.74, 6) is -0.202. The van der Waals surface area contributed by atoms with E-state index < -0.39 is 11.0 Å². The van der Waals surface area contributed by atoms with E-state index in [0.717, 1.165) is 35.2 Å². The molecule has 0 unspecified atom stereocenters. The summed E-state index contributed by atoms with van der Waals surface area (Å²) in [6, 6.07) is 18.5. The number of nitro groups is 1. The zero-order valence-corrected chi connectivity index (χ0v) is 20.5. The number of ether oxygens (including phenoxy) is 1. The van der Waals surface area contributed by atoms with Gasteiger partial charge in [-0.3, -0.25) is 19.5 Å². The Kier molecular flexibility index (Phi) is 5.57. The summed E-state index contributed by atoms with van der Waals surface area (Å²) in [6.45, 7) is 0. The van der Waals surface area contributed by atoms with Crippen LogP contribution in [0.2, 0.25) is 0 Å². The summed E-state index contributed by atoms with van der Waals surface area (Å²) >= 11 is 1.23. The van der Waals surface area contributed by atoms with E-state index in [0.29, 0.717) is 14.9 Å². The van der Waals surface area contributed by atoms with Crippen molar-refractivity contribution in [1.82, 2.24) is 4.57 Å². The molecule has 0 bridgehead atoms. The van der Waals surface area contributed by atoms with Crippen LogP contribution in [0.1, 0.15) is 34.7 Å². The lowest BCUT2D eigenvalue weighted by Gasteiger charge is -2.30. The standard InChI is InChI=1S/C28H20FN3O4S/c1-36-23-13-6-16(14-22(23)32(34)35)15-24-27(33)31-26(18-7-10-19(29)11-8-18)21-12-9-17-4-2-3-5-20(17)25(21)30-28(31)37-24/h2-8,10-11,13-15,26H,9,12H2,1H3/b24-15+/t26-/m1/s1. The number of methoxy groups -OCH3 is 1. The third kappa shape index (κ3) is 3.88. The van der Waals surface area contributed by atoms with Gasteiger partial charge in [0.05, 0.1) is 28.3 Å². The second-order valence-corrected chi connectivity index (χ2v) is 9.86. The van der Waals surface area contributed by atoms with E-state index in [1.54, 1.807) is 28.8 Å². The largest absolute Gasteiger partial charge is 0.490 e. The molecule has 1 aromatic heterocycles. The highest BCUT2D eigenvalue weighted by molar-refractivity contribution is 7.07. The van der Waals surface area contributed by atoms with Crippen molar-refractivity contribution in [3.63, 3.8) is 0 Å². The number of benzene rings is 3. The molecule has 4 aromatic rings. The number of nitrogens with zero attached hydrogens (tertiary/aromatic N) is 3. The Morgan fingerprint density at radius 3 is 2.68 bits per heavy atom. The molecule has 0 N–H and O–H groups in total. The van der Waals surface area contributed by atoms with Crippen LogP contribution < -0.4 is 19.6 Å². The summed E-state index contributed by atoms with van der Waals surface area (Å²) in [7, 11) is 1.37. The van der Waals surface area contributed by atoms with Crippen LogP contribution in [0.15, 0.2) is 82.1 Å². The van der Waals surface area contributed by atoms with E-state index in [9.17, 15) is 19.3 Å². The van der Waals surface area contributed by atoms with Crippen LogP contribution in [0.5, 0.6) is 5.75 Å². The van der Waals surface area contributed by atoms with E-state index in [1.165, 1.54) is 48.3 Å². The molecule has 3 aromatic carbocycles. The fourth-order valence-electron chi connectivity index (χ4n) is 5.06. The van der Waals surface area contributed by atoms with Crippen molar-refractivity contribution in [2.75, 3.05) is 7.11 Å². The first kappa shape index (κ1) is 23.1. The molecule has 0 saturated carbocycles. The average molecular weight is 514 g/mol. The summed E-state index contributed by atoms with van der Waals surface area (Å²) in [5, 5.41) is 11.5. The first-order valence-electron chi connectivity index (χ1n) is 11.7. The van der Waals surface area contributed by atoms with Crippen molar-refractivity contribution in [3.05, 3.63) is 130 Å². The third-order valence-corrected chi connectivity index (χ3v) is 7.74. The molecule has 1 aliphatic heterocycles. The normalized spacial score (nSPS) is 16.5. The Balaban J connectivity index is 1.58. The fourth-order valence-corrected chi connectivity index (χ4v) is 6.06. The van der Waals surface area contributed by atoms with Crippen molar-refractivity contribution in [2.45, 2.75) is 18.9 Å². The van der Waals surface area contributed by atoms with Gasteiger partial charge in [0, 0.05) is 11.6 Å². The molecule has 0 saturated heterocycles. The van der Waals surface area contributed by atoms with Crippen LogP contribution in [0, 0.1) is 15.9 Å². The molecule has 9 heteroatoms. The van der Waals surface area contributed by atoms with Gasteiger partial charge in [-0.1, -0.05) is 53.8 Å². The van der Waals surface area contributed by atoms with E-state index in [4.69, 9.17) is 9.73 Å². The molecule has 0 spiro atoms. The number of fused-ring (bicyclic) bond motifs is 3. The average Bonchev–Trinajstić information content (AvgIpc) is 3.22. The molecule has 7 nitrogen and oxygen atoms in total. The summed E-state index contributed by atoms with van der Waals surface area (Å²) < 4.78 is 20.9. The Labute approximate surface area is 214 Å². The Hall–Kier alpha value is -4.37. The molecule has 1 atom stereocenters. The number of thiazole rings is 1. The second-order valence-electron chi connectivity index (χ2n) is 8.85. The molecule has 0 fully saturated rings. The predicted molar refractivity (Wildman–Crippen MR) is 139 cm³/mol. The fraction of sp³-hybridized carbons (Fsp3) is 0.143. The summed E-state index contributed by atoms with van der Waals surface area (Å²) in [5.41, 5.74) is 4.99. The maximum Gasteiger partial charge on any atom is 0.311 e. The van der Waals surface area contributed by atoms with Crippen molar-refractivity contribution in [3.8, 4) is 5.75 Å². The monoisotopic (exact) mass is 513 g/mol. The minimum atomic E-state index is -0.516. The minimum Gasteiger partial charge on any atom is -0.490 e. The van der Waals surface area contributed by atoms with Gasteiger partial charge in [-0.25, -0.2) is 9.38 Å². The second kappa shape index (κ2) is 8.94. The number of rotatable bonds is 4. The Bertz CT molecular complexity index is 1790. The van der Waals surface area contributed by atoms with Crippen LogP contribution in [-0.2, 0) is 6.42 Å². The van der Waals surface area contributed by atoms with Gasteiger partial charge in [-0.2, -0.15) is 0 Å². The maximum absolute atomic E-state index is 13.8. The minimum absolute atomic E-state index is 0.145. The first-order chi connectivity index (χ1) is 17.9. The molecule has 2 heterocycles. The molecule has 37 heavy (non-hydrogen) atoms. The van der Waals surface area contributed by atoms with Gasteiger partial charge in [0.15, 0.2) is 10.6 Å². The highest BCUT2D eigenvalue weighted by Gasteiger charge is 2.32. The molecule has 0 radical (unpaired) electrons. The number of aromatic nitrogens is 1. The number of nitro benzene ring substituents is 1. The summed E-state index contributed by atoms with van der Waals surface area (Å²) in [4.78, 5) is 30.2. The topological polar surface area (TPSA) is 86.7 Å². The van der Waals surface area contributed by atoms with Gasteiger partial charge < -0.3 is 4.74 Å². The highest BCUT2D eigenvalue weighted by Crippen LogP contribution is 2.41. The first-order valence-corrected chi connectivity index (χ1v) is 12.5. The van der Waals surface area contributed by atoms with Gasteiger partial charge in [0.1, 0.15) is 5.82 Å². The van der Waals surface area contributed by atoms with Crippen molar-refractivity contribution >= 4 is 28.8 Å². The smallest absolute Gasteiger partial charge is 0.311 e. The molecule has 2 aliphatic rings. The predicted octanol–water partition coefficient (Wildman–Crippen LogP) is 4.37. The highest BCUT2D eigenvalue weighted by atomic mass is 32.1. The van der Waals surface area contributed by atoms with Crippen molar-refractivity contribution in [2.24, 2.45) is 4.99 Å². The molecule has 1 aliphatic carbocycles. The number of hydrogen-bond acceptors (Lipinski definition) is 6. The van der Waals surface area contributed by atoms with Crippen LogP contribution >= 0.6 is 11.3 Å². The van der Waals surface area contributed by atoms with Gasteiger partial charge in [-0.05, 0) is 59.4 Å². The van der Waals surface area contributed by atoms with Crippen molar-refractivity contribution < 1.29 is 14.1 Å². The SMILES string of the molecule is COc1ccc(/C=c2/sc3n(c2=O)[C@H](c2ccc(F)cc2)C2=C(N=3)c3ccccc3CC2)cc1[N+](=O)[O-]. The molecular formula is C28H20FN3O4S. The number of halogens is 1. The number of hydrogen-bond donors (Lipinski definition) is 0. The quantitative estimate of drug-likeness (QED) is 0.300. The number of aryl methyl sites for hydroxylation is 1. The van der Waals surface area contributed by atoms with Gasteiger partial charge >= 0.3 is 5.69 Å². The van der Waals surface area contributed by atoms with E-state index in [-0.39, 0.29) is 22.8 Å². The van der Waals surface area contributed by atoms with Gasteiger partial charge in [0.2, 0.25) is 0 Å². The Morgan fingerprint density at radius 1 is 1.14 bits per heavy atom. The number of allylic oxidation sites excluding steroid dienone is 1. The maximum atomic E-state index is 13.8. The zero-order valence-electron chi connectivity index (χ0n) is 19.7. The van der Waals surface area contributed by atoms with Gasteiger partial charge in [0.25, 0.3) is 5.56 Å². The molecule has 6 rings (SSSR count). The molecule has 184 valence electrons. The lowest BCUT2D eigenvalue weighted by molar-refractivity contribution is -0.385. The van der Waals surface area contributed by atoms with Crippen LogP contribution in [0.4, 0.5) is 10.1 Å². The van der Waals surface area contributed by atoms with E-state index in [1.807, 2.05) is 18.2 Å². The Morgan fingerprint density at radius 2 is 1.92 bits per heavy atom. The van der Waals surface area contributed by atoms with E-state index >= 15 is 0 Å². The zero-order chi connectivity index (χ0) is 25.7. The lowest BCUT2D eigenvalue weighted by Crippen LogP contribution is -2.38. The van der Waals surface area contributed by atoms with Crippen molar-refractivity contribution in [1.29, 1.82) is 0 Å². The third-order valence-electron chi connectivity index (χ3n) is 6.76.